The van der Waals surface area contributed by atoms with Crippen LogP contribution in [0.4, 0.5) is 5.82 Å². The van der Waals surface area contributed by atoms with Gasteiger partial charge in [-0.3, -0.25) is 4.40 Å². The Morgan fingerprint density at radius 1 is 1.32 bits per heavy atom. The molecule has 3 aromatic rings. The molecule has 0 unspecified atom stereocenters. The lowest BCUT2D eigenvalue weighted by Gasteiger charge is -2.18. The van der Waals surface area contributed by atoms with E-state index in [0.717, 1.165) is 34.4 Å². The quantitative estimate of drug-likeness (QED) is 0.741. The van der Waals surface area contributed by atoms with Crippen molar-refractivity contribution in [2.75, 3.05) is 11.9 Å². The topological polar surface area (TPSA) is 46.3 Å². The fourth-order valence-corrected chi connectivity index (χ4v) is 2.92. The summed E-state index contributed by atoms with van der Waals surface area (Å²) in [6.45, 7) is 0.721. The standard InChI is InChI=1S/C16H16ClN5/c1-21(10-11-3-2-4-13(17)9-11)15-16-20-19-14(12-5-6-12)22(16)8-7-18-15/h2-4,7-9,12H,5-6,10H2,1H3. The normalized spacial score (nSPS) is 14.5. The number of halogens is 1. The van der Waals surface area contributed by atoms with Crippen LogP contribution in [0.1, 0.15) is 30.1 Å². The number of aromatic nitrogens is 4. The van der Waals surface area contributed by atoms with Gasteiger partial charge in [-0.15, -0.1) is 10.2 Å². The zero-order valence-corrected chi connectivity index (χ0v) is 13.0. The average molecular weight is 314 g/mol. The van der Waals surface area contributed by atoms with Crippen molar-refractivity contribution in [3.05, 3.63) is 53.1 Å². The van der Waals surface area contributed by atoms with Gasteiger partial charge in [0.1, 0.15) is 5.82 Å². The number of nitrogens with zero attached hydrogens (tertiary/aromatic N) is 5. The number of rotatable bonds is 4. The van der Waals surface area contributed by atoms with E-state index in [1.54, 1.807) is 0 Å². The van der Waals surface area contributed by atoms with Crippen molar-refractivity contribution in [3.8, 4) is 0 Å². The lowest BCUT2D eigenvalue weighted by atomic mass is 10.2. The molecule has 0 N–H and O–H groups in total. The number of benzene rings is 1. The SMILES string of the molecule is CN(Cc1cccc(Cl)c1)c1nccn2c(C3CC3)nnc12. The first kappa shape index (κ1) is 13.5. The molecular formula is C16H16ClN5. The van der Waals surface area contributed by atoms with Crippen molar-refractivity contribution in [3.63, 3.8) is 0 Å². The summed E-state index contributed by atoms with van der Waals surface area (Å²) in [5.74, 6) is 2.44. The van der Waals surface area contributed by atoms with E-state index in [-0.39, 0.29) is 0 Å². The van der Waals surface area contributed by atoms with Crippen LogP contribution in [0.2, 0.25) is 5.02 Å². The molecule has 2 heterocycles. The second-order valence-corrected chi connectivity index (χ2v) is 6.20. The second kappa shape index (κ2) is 5.25. The highest BCUT2D eigenvalue weighted by Crippen LogP contribution is 2.39. The van der Waals surface area contributed by atoms with Gasteiger partial charge in [0.2, 0.25) is 5.65 Å². The molecule has 0 saturated heterocycles. The minimum absolute atomic E-state index is 0.559. The molecule has 1 aliphatic carbocycles. The summed E-state index contributed by atoms with van der Waals surface area (Å²) in [5.41, 5.74) is 1.95. The first-order chi connectivity index (χ1) is 10.7. The van der Waals surface area contributed by atoms with Crippen LogP contribution in [0.3, 0.4) is 0 Å². The fraction of sp³-hybridized carbons (Fsp3) is 0.312. The van der Waals surface area contributed by atoms with Crippen LogP contribution in [-0.2, 0) is 6.54 Å². The van der Waals surface area contributed by atoms with Gasteiger partial charge < -0.3 is 4.90 Å². The Morgan fingerprint density at radius 3 is 2.95 bits per heavy atom. The first-order valence-corrected chi connectivity index (χ1v) is 7.75. The van der Waals surface area contributed by atoms with Crippen molar-refractivity contribution in [1.29, 1.82) is 0 Å². The zero-order valence-electron chi connectivity index (χ0n) is 12.3. The first-order valence-electron chi connectivity index (χ1n) is 7.37. The summed E-state index contributed by atoms with van der Waals surface area (Å²) < 4.78 is 2.06. The van der Waals surface area contributed by atoms with E-state index in [2.05, 4.69) is 30.5 Å². The van der Waals surface area contributed by atoms with Gasteiger partial charge >= 0.3 is 0 Å². The van der Waals surface area contributed by atoms with Gasteiger partial charge in [-0.1, -0.05) is 23.7 Å². The molecule has 1 fully saturated rings. The highest BCUT2D eigenvalue weighted by Gasteiger charge is 2.29. The summed E-state index contributed by atoms with van der Waals surface area (Å²) in [7, 11) is 2.01. The molecule has 2 aromatic heterocycles. The van der Waals surface area contributed by atoms with Gasteiger partial charge in [0.15, 0.2) is 5.82 Å². The van der Waals surface area contributed by atoms with Gasteiger partial charge in [-0.2, -0.15) is 0 Å². The number of fused-ring (bicyclic) bond motifs is 1. The molecule has 22 heavy (non-hydrogen) atoms. The molecule has 1 aliphatic rings. The third-order valence-electron chi connectivity index (χ3n) is 3.95. The van der Waals surface area contributed by atoms with Gasteiger partial charge in [-0.05, 0) is 30.5 Å². The number of hydrogen-bond acceptors (Lipinski definition) is 4. The fourth-order valence-electron chi connectivity index (χ4n) is 2.70. The lowest BCUT2D eigenvalue weighted by molar-refractivity contribution is 0.877. The summed E-state index contributed by atoms with van der Waals surface area (Å²) in [4.78, 5) is 6.56. The maximum atomic E-state index is 6.05. The Hall–Kier alpha value is -2.14. The Bertz CT molecular complexity index is 824. The van der Waals surface area contributed by atoms with Crippen LogP contribution >= 0.6 is 11.6 Å². The van der Waals surface area contributed by atoms with Crippen LogP contribution in [0, 0.1) is 0 Å². The molecule has 112 valence electrons. The Kier molecular flexibility index (Phi) is 3.22. The zero-order chi connectivity index (χ0) is 15.1. The Labute approximate surface area is 133 Å². The summed E-state index contributed by atoms with van der Waals surface area (Å²) in [6.07, 6.45) is 6.17. The molecule has 0 aliphatic heterocycles. The van der Waals surface area contributed by atoms with Crippen molar-refractivity contribution in [2.24, 2.45) is 0 Å². The summed E-state index contributed by atoms with van der Waals surface area (Å²) in [6, 6.07) is 7.87. The van der Waals surface area contributed by atoms with E-state index in [0.29, 0.717) is 5.92 Å². The average Bonchev–Trinajstić information content (AvgIpc) is 3.26. The Balaban J connectivity index is 1.68. The van der Waals surface area contributed by atoms with Gasteiger partial charge in [-0.25, -0.2) is 4.98 Å². The van der Waals surface area contributed by atoms with Crippen molar-refractivity contribution in [1.82, 2.24) is 19.6 Å². The number of hydrogen-bond donors (Lipinski definition) is 0. The molecule has 1 saturated carbocycles. The molecule has 0 spiro atoms. The molecular weight excluding hydrogens is 298 g/mol. The molecule has 0 amide bonds. The smallest absolute Gasteiger partial charge is 0.203 e. The van der Waals surface area contributed by atoms with Crippen LogP contribution < -0.4 is 4.90 Å². The van der Waals surface area contributed by atoms with Crippen LogP contribution in [0.25, 0.3) is 5.65 Å². The van der Waals surface area contributed by atoms with Crippen molar-refractivity contribution >= 4 is 23.1 Å². The van der Waals surface area contributed by atoms with Crippen molar-refractivity contribution < 1.29 is 0 Å². The molecule has 5 nitrogen and oxygen atoms in total. The van der Waals surface area contributed by atoms with Gasteiger partial charge in [0, 0.05) is 36.9 Å². The number of anilines is 1. The van der Waals surface area contributed by atoms with Gasteiger partial charge in [0.25, 0.3) is 0 Å². The second-order valence-electron chi connectivity index (χ2n) is 5.76. The van der Waals surface area contributed by atoms with Crippen molar-refractivity contribution in [2.45, 2.75) is 25.3 Å². The highest BCUT2D eigenvalue weighted by atomic mass is 35.5. The van der Waals surface area contributed by atoms with Crippen LogP contribution in [-0.4, -0.2) is 26.6 Å². The minimum Gasteiger partial charge on any atom is -0.352 e. The van der Waals surface area contributed by atoms with E-state index < -0.39 is 0 Å². The summed E-state index contributed by atoms with van der Waals surface area (Å²) >= 11 is 6.05. The monoisotopic (exact) mass is 313 g/mol. The molecule has 0 radical (unpaired) electrons. The molecule has 4 rings (SSSR count). The van der Waals surface area contributed by atoms with Crippen LogP contribution in [0.15, 0.2) is 36.7 Å². The molecule has 1 aromatic carbocycles. The third kappa shape index (κ3) is 2.41. The largest absolute Gasteiger partial charge is 0.352 e. The van der Waals surface area contributed by atoms with E-state index in [4.69, 9.17) is 11.6 Å². The maximum absolute atomic E-state index is 6.05. The van der Waals surface area contributed by atoms with E-state index in [1.807, 2.05) is 37.6 Å². The maximum Gasteiger partial charge on any atom is 0.203 e. The predicted octanol–water partition coefficient (Wildman–Crippen LogP) is 3.29. The summed E-state index contributed by atoms with van der Waals surface area (Å²) in [5, 5.41) is 9.44. The van der Waals surface area contributed by atoms with E-state index in [1.165, 1.54) is 12.8 Å². The molecule has 0 bridgehead atoms. The lowest BCUT2D eigenvalue weighted by Crippen LogP contribution is -2.18. The molecule has 6 heteroatoms. The van der Waals surface area contributed by atoms with E-state index >= 15 is 0 Å². The predicted molar refractivity (Wildman–Crippen MR) is 86.3 cm³/mol. The minimum atomic E-state index is 0.559. The van der Waals surface area contributed by atoms with Gasteiger partial charge in [0.05, 0.1) is 0 Å². The van der Waals surface area contributed by atoms with E-state index in [9.17, 15) is 0 Å². The van der Waals surface area contributed by atoms with Crippen LogP contribution in [0.5, 0.6) is 0 Å². The highest BCUT2D eigenvalue weighted by molar-refractivity contribution is 6.30. The third-order valence-corrected chi connectivity index (χ3v) is 4.18. The Morgan fingerprint density at radius 2 is 2.18 bits per heavy atom. The molecule has 0 atom stereocenters.